The fraction of sp³-hybridized carbons (Fsp3) is 1.00. The second-order valence-corrected chi connectivity index (χ2v) is 6.15. The Balaban J connectivity index is 2.09. The number of rotatable bonds is 3. The lowest BCUT2D eigenvalue weighted by molar-refractivity contribution is -0.117. The zero-order chi connectivity index (χ0) is 12.4. The van der Waals surface area contributed by atoms with Gasteiger partial charge in [-0.2, -0.15) is 0 Å². The van der Waals surface area contributed by atoms with Gasteiger partial charge in [-0.25, -0.2) is 0 Å². The minimum atomic E-state index is -0.557. The van der Waals surface area contributed by atoms with Crippen LogP contribution in [-0.4, -0.2) is 30.3 Å². The van der Waals surface area contributed by atoms with Gasteiger partial charge in [-0.15, -0.1) is 0 Å². The molecule has 2 aliphatic rings. The lowest BCUT2D eigenvalue weighted by Gasteiger charge is -2.52. The van der Waals surface area contributed by atoms with Crippen molar-refractivity contribution < 1.29 is 5.11 Å². The number of hydrogen-bond donors (Lipinski definition) is 3. The number of piperidine rings is 1. The standard InChI is InChI=1S/C14H28N2O/c1-2-12-4-7-13(10-15,8-5-12)14(17)6-3-9-16-11-14/h12,16-17H,2-11,15H2,1H3. The van der Waals surface area contributed by atoms with E-state index in [4.69, 9.17) is 5.73 Å². The van der Waals surface area contributed by atoms with E-state index in [1.165, 1.54) is 19.3 Å². The summed E-state index contributed by atoms with van der Waals surface area (Å²) in [6.07, 6.45) is 7.99. The Labute approximate surface area is 105 Å². The van der Waals surface area contributed by atoms with Crippen molar-refractivity contribution in [2.24, 2.45) is 17.1 Å². The molecule has 0 aromatic rings. The van der Waals surface area contributed by atoms with E-state index >= 15 is 0 Å². The van der Waals surface area contributed by atoms with Gasteiger partial charge in [0.2, 0.25) is 0 Å². The zero-order valence-electron chi connectivity index (χ0n) is 11.2. The second-order valence-electron chi connectivity index (χ2n) is 6.15. The Morgan fingerprint density at radius 1 is 1.29 bits per heavy atom. The number of hydrogen-bond acceptors (Lipinski definition) is 3. The minimum absolute atomic E-state index is 0.0217. The molecule has 3 heteroatoms. The van der Waals surface area contributed by atoms with Gasteiger partial charge in [-0.1, -0.05) is 13.3 Å². The average Bonchev–Trinajstić information content (AvgIpc) is 2.39. The molecule has 0 radical (unpaired) electrons. The van der Waals surface area contributed by atoms with Crippen LogP contribution in [0, 0.1) is 11.3 Å². The third-order valence-electron chi connectivity index (χ3n) is 5.38. The van der Waals surface area contributed by atoms with E-state index in [-0.39, 0.29) is 5.41 Å². The fourth-order valence-electron chi connectivity index (χ4n) is 3.84. The molecule has 1 heterocycles. The fourth-order valence-corrected chi connectivity index (χ4v) is 3.84. The molecule has 17 heavy (non-hydrogen) atoms. The van der Waals surface area contributed by atoms with Crippen LogP contribution in [0.3, 0.4) is 0 Å². The first-order valence-corrected chi connectivity index (χ1v) is 7.29. The molecule has 1 saturated carbocycles. The van der Waals surface area contributed by atoms with Gasteiger partial charge in [0.25, 0.3) is 0 Å². The van der Waals surface area contributed by atoms with Gasteiger partial charge < -0.3 is 16.2 Å². The van der Waals surface area contributed by atoms with Crippen molar-refractivity contribution in [1.82, 2.24) is 5.32 Å². The number of aliphatic hydroxyl groups is 1. The molecule has 3 nitrogen and oxygen atoms in total. The van der Waals surface area contributed by atoms with Gasteiger partial charge in [0.15, 0.2) is 0 Å². The summed E-state index contributed by atoms with van der Waals surface area (Å²) in [5, 5.41) is 14.3. The third-order valence-corrected chi connectivity index (χ3v) is 5.38. The van der Waals surface area contributed by atoms with Crippen molar-refractivity contribution in [2.75, 3.05) is 19.6 Å². The van der Waals surface area contributed by atoms with Crippen LogP contribution in [0.15, 0.2) is 0 Å². The highest BCUT2D eigenvalue weighted by atomic mass is 16.3. The predicted molar refractivity (Wildman–Crippen MR) is 70.8 cm³/mol. The molecule has 0 bridgehead atoms. The normalized spacial score (nSPS) is 43.6. The molecule has 1 atom stereocenters. The predicted octanol–water partition coefficient (Wildman–Crippen LogP) is 1.65. The van der Waals surface area contributed by atoms with Crippen LogP contribution in [0.4, 0.5) is 0 Å². The van der Waals surface area contributed by atoms with Crippen LogP contribution in [0.5, 0.6) is 0 Å². The lowest BCUT2D eigenvalue weighted by atomic mass is 9.59. The van der Waals surface area contributed by atoms with Crippen molar-refractivity contribution in [2.45, 2.75) is 57.5 Å². The Morgan fingerprint density at radius 2 is 2.00 bits per heavy atom. The van der Waals surface area contributed by atoms with E-state index in [0.29, 0.717) is 6.54 Å². The summed E-state index contributed by atoms with van der Waals surface area (Å²) in [6, 6.07) is 0. The van der Waals surface area contributed by atoms with E-state index in [1.807, 2.05) is 0 Å². The SMILES string of the molecule is CCC1CCC(CN)(C2(O)CCCNC2)CC1. The molecular weight excluding hydrogens is 212 g/mol. The summed E-state index contributed by atoms with van der Waals surface area (Å²) in [5.74, 6) is 0.856. The van der Waals surface area contributed by atoms with Crippen molar-refractivity contribution in [1.29, 1.82) is 0 Å². The molecule has 0 amide bonds. The monoisotopic (exact) mass is 240 g/mol. The zero-order valence-corrected chi connectivity index (χ0v) is 11.2. The summed E-state index contributed by atoms with van der Waals surface area (Å²) in [4.78, 5) is 0. The van der Waals surface area contributed by atoms with E-state index < -0.39 is 5.60 Å². The van der Waals surface area contributed by atoms with Crippen molar-refractivity contribution in [3.63, 3.8) is 0 Å². The number of nitrogens with one attached hydrogen (secondary N) is 1. The lowest BCUT2D eigenvalue weighted by Crippen LogP contribution is -2.61. The summed E-state index contributed by atoms with van der Waals surface area (Å²) < 4.78 is 0. The molecular formula is C14H28N2O. The van der Waals surface area contributed by atoms with Gasteiger partial charge in [0.05, 0.1) is 5.60 Å². The highest BCUT2D eigenvalue weighted by Gasteiger charge is 2.50. The van der Waals surface area contributed by atoms with Crippen LogP contribution in [0.2, 0.25) is 0 Å². The molecule has 2 rings (SSSR count). The van der Waals surface area contributed by atoms with Crippen molar-refractivity contribution >= 4 is 0 Å². The molecule has 1 saturated heterocycles. The third kappa shape index (κ3) is 2.38. The van der Waals surface area contributed by atoms with Crippen LogP contribution in [0.1, 0.15) is 51.9 Å². The van der Waals surface area contributed by atoms with E-state index in [0.717, 1.165) is 44.7 Å². The van der Waals surface area contributed by atoms with Crippen LogP contribution in [0.25, 0.3) is 0 Å². The molecule has 4 N–H and O–H groups in total. The first-order valence-electron chi connectivity index (χ1n) is 7.29. The largest absolute Gasteiger partial charge is 0.388 e. The molecule has 1 unspecified atom stereocenters. The Kier molecular flexibility index (Phi) is 4.11. The first-order chi connectivity index (χ1) is 8.16. The average molecular weight is 240 g/mol. The van der Waals surface area contributed by atoms with Crippen LogP contribution in [-0.2, 0) is 0 Å². The van der Waals surface area contributed by atoms with E-state index in [2.05, 4.69) is 12.2 Å². The van der Waals surface area contributed by atoms with Crippen LogP contribution >= 0.6 is 0 Å². The maximum atomic E-state index is 11.0. The molecule has 0 spiro atoms. The molecule has 1 aliphatic carbocycles. The first kappa shape index (κ1) is 13.3. The Bertz CT molecular complexity index is 241. The maximum absolute atomic E-state index is 11.0. The second kappa shape index (κ2) is 5.25. The number of β-amino-alcohol motifs (C(OH)–C–C–N with tert-alkyl or cyclic N) is 1. The van der Waals surface area contributed by atoms with Gasteiger partial charge >= 0.3 is 0 Å². The van der Waals surface area contributed by atoms with E-state index in [9.17, 15) is 5.11 Å². The Hall–Kier alpha value is -0.120. The van der Waals surface area contributed by atoms with Gasteiger partial charge in [0, 0.05) is 18.5 Å². The van der Waals surface area contributed by atoms with E-state index in [1.54, 1.807) is 0 Å². The van der Waals surface area contributed by atoms with Gasteiger partial charge in [0.1, 0.15) is 0 Å². The van der Waals surface area contributed by atoms with Crippen molar-refractivity contribution in [3.05, 3.63) is 0 Å². The molecule has 0 aromatic carbocycles. The Morgan fingerprint density at radius 3 is 2.47 bits per heavy atom. The van der Waals surface area contributed by atoms with Gasteiger partial charge in [-0.3, -0.25) is 0 Å². The van der Waals surface area contributed by atoms with Crippen molar-refractivity contribution in [3.8, 4) is 0 Å². The highest BCUT2D eigenvalue weighted by Crippen LogP contribution is 2.48. The van der Waals surface area contributed by atoms with Crippen LogP contribution < -0.4 is 11.1 Å². The smallest absolute Gasteiger partial charge is 0.0839 e. The molecule has 0 aromatic heterocycles. The summed E-state index contributed by atoms with van der Waals surface area (Å²) in [6.45, 7) is 4.69. The minimum Gasteiger partial charge on any atom is -0.388 e. The number of nitrogens with two attached hydrogens (primary N) is 1. The highest BCUT2D eigenvalue weighted by molar-refractivity contribution is 5.04. The quantitative estimate of drug-likeness (QED) is 0.703. The molecule has 2 fully saturated rings. The molecule has 1 aliphatic heterocycles. The summed E-state index contributed by atoms with van der Waals surface area (Å²) in [7, 11) is 0. The summed E-state index contributed by atoms with van der Waals surface area (Å²) in [5.41, 5.74) is 5.47. The van der Waals surface area contributed by atoms with Gasteiger partial charge in [-0.05, 0) is 51.0 Å². The molecule has 100 valence electrons. The topological polar surface area (TPSA) is 58.3 Å². The maximum Gasteiger partial charge on any atom is 0.0839 e. The summed E-state index contributed by atoms with van der Waals surface area (Å²) >= 11 is 0.